The molecule has 0 N–H and O–H groups in total. The van der Waals surface area contributed by atoms with Crippen LogP contribution in [-0.4, -0.2) is 29.6 Å². The molecule has 5 nitrogen and oxygen atoms in total. The van der Waals surface area contributed by atoms with Gasteiger partial charge in [0.2, 0.25) is 0 Å². The lowest BCUT2D eigenvalue weighted by molar-refractivity contribution is 0.0531. The van der Waals surface area contributed by atoms with Gasteiger partial charge in [0.1, 0.15) is 21.9 Å². The van der Waals surface area contributed by atoms with E-state index in [1.54, 1.807) is 13.3 Å². The highest BCUT2D eigenvalue weighted by molar-refractivity contribution is 7.20. The zero-order valence-corrected chi connectivity index (χ0v) is 14.8. The molecule has 2 heterocycles. The Hall–Kier alpha value is -2.47. The molecule has 124 valence electrons. The molecule has 0 fully saturated rings. The summed E-state index contributed by atoms with van der Waals surface area (Å²) < 4.78 is 5.14. The van der Waals surface area contributed by atoms with Crippen molar-refractivity contribution in [3.8, 4) is 0 Å². The van der Waals surface area contributed by atoms with Crippen LogP contribution in [0, 0.1) is 6.92 Å². The van der Waals surface area contributed by atoms with Crippen molar-refractivity contribution in [2.45, 2.75) is 20.4 Å². The highest BCUT2D eigenvalue weighted by Gasteiger charge is 2.21. The van der Waals surface area contributed by atoms with Crippen LogP contribution in [0.4, 0.5) is 5.82 Å². The van der Waals surface area contributed by atoms with Gasteiger partial charge in [0.05, 0.1) is 12.0 Å². The van der Waals surface area contributed by atoms with Gasteiger partial charge < -0.3 is 9.64 Å². The van der Waals surface area contributed by atoms with Gasteiger partial charge >= 0.3 is 5.97 Å². The van der Waals surface area contributed by atoms with Gasteiger partial charge in [-0.05, 0) is 25.0 Å². The summed E-state index contributed by atoms with van der Waals surface area (Å²) in [7, 11) is 2.00. The Morgan fingerprint density at radius 1 is 1.25 bits per heavy atom. The second kappa shape index (κ2) is 6.97. The Kier molecular flexibility index (Phi) is 4.76. The number of esters is 1. The van der Waals surface area contributed by atoms with Gasteiger partial charge in [-0.15, -0.1) is 11.3 Å². The fourth-order valence-corrected chi connectivity index (χ4v) is 3.70. The van der Waals surface area contributed by atoms with Crippen molar-refractivity contribution in [3.05, 3.63) is 52.7 Å². The zero-order valence-electron chi connectivity index (χ0n) is 13.9. The Balaban J connectivity index is 2.00. The molecule has 2 aromatic heterocycles. The monoisotopic (exact) mass is 341 g/mol. The first-order chi connectivity index (χ1) is 11.6. The summed E-state index contributed by atoms with van der Waals surface area (Å²) in [5.74, 6) is 0.530. The van der Waals surface area contributed by atoms with E-state index in [-0.39, 0.29) is 5.97 Å². The van der Waals surface area contributed by atoms with E-state index >= 15 is 0 Å². The highest BCUT2D eigenvalue weighted by atomic mass is 32.1. The van der Waals surface area contributed by atoms with Crippen molar-refractivity contribution in [2.24, 2.45) is 0 Å². The van der Waals surface area contributed by atoms with E-state index in [9.17, 15) is 4.79 Å². The van der Waals surface area contributed by atoms with Crippen LogP contribution >= 0.6 is 11.3 Å². The standard InChI is InChI=1S/C18H19N3O2S/c1-4-23-18(22)15-12(2)14-16(19-11-20-17(14)24-15)21(3)10-13-8-6-5-7-9-13/h5-9,11H,4,10H2,1-3H3. The zero-order chi connectivity index (χ0) is 17.1. The molecule has 0 aliphatic rings. The normalized spacial score (nSPS) is 10.8. The molecule has 0 bridgehead atoms. The molecule has 0 saturated carbocycles. The second-order valence-electron chi connectivity index (χ2n) is 5.50. The predicted octanol–water partition coefficient (Wildman–Crippen LogP) is 3.81. The SMILES string of the molecule is CCOC(=O)c1sc2ncnc(N(C)Cc3ccccc3)c2c1C. The third kappa shape index (κ3) is 3.10. The van der Waals surface area contributed by atoms with Crippen molar-refractivity contribution in [1.82, 2.24) is 9.97 Å². The van der Waals surface area contributed by atoms with Crippen molar-refractivity contribution in [3.63, 3.8) is 0 Å². The summed E-state index contributed by atoms with van der Waals surface area (Å²) in [5, 5.41) is 0.920. The number of hydrogen-bond donors (Lipinski definition) is 0. The van der Waals surface area contributed by atoms with Crippen molar-refractivity contribution < 1.29 is 9.53 Å². The summed E-state index contributed by atoms with van der Waals surface area (Å²) in [4.78, 5) is 24.4. The quantitative estimate of drug-likeness (QED) is 0.661. The lowest BCUT2D eigenvalue weighted by Gasteiger charge is -2.19. The number of carbonyl (C=O) groups is 1. The smallest absolute Gasteiger partial charge is 0.348 e. The number of ether oxygens (including phenoxy) is 1. The molecule has 0 atom stereocenters. The number of nitrogens with zero attached hydrogens (tertiary/aromatic N) is 3. The Labute approximate surface area is 144 Å². The highest BCUT2D eigenvalue weighted by Crippen LogP contribution is 2.35. The van der Waals surface area contributed by atoms with Gasteiger partial charge in [-0.3, -0.25) is 0 Å². The summed E-state index contributed by atoms with van der Waals surface area (Å²) >= 11 is 1.36. The molecule has 0 saturated heterocycles. The molecule has 6 heteroatoms. The fourth-order valence-electron chi connectivity index (χ4n) is 2.67. The molecule has 0 spiro atoms. The molecule has 0 aliphatic carbocycles. The van der Waals surface area contributed by atoms with Gasteiger partial charge in [-0.2, -0.15) is 0 Å². The van der Waals surface area contributed by atoms with Gasteiger partial charge in [-0.1, -0.05) is 30.3 Å². The molecule has 0 unspecified atom stereocenters. The van der Waals surface area contributed by atoms with Crippen molar-refractivity contribution in [2.75, 3.05) is 18.6 Å². The molecular weight excluding hydrogens is 322 g/mol. The number of rotatable bonds is 5. The number of hydrogen-bond acceptors (Lipinski definition) is 6. The molecule has 3 rings (SSSR count). The second-order valence-corrected chi connectivity index (χ2v) is 6.49. The van der Waals surface area contributed by atoms with Crippen LogP contribution in [0.2, 0.25) is 0 Å². The average Bonchev–Trinajstić information content (AvgIpc) is 2.93. The van der Waals surface area contributed by atoms with Crippen LogP contribution in [0.3, 0.4) is 0 Å². The van der Waals surface area contributed by atoms with Crippen LogP contribution in [0.5, 0.6) is 0 Å². The number of fused-ring (bicyclic) bond motifs is 1. The van der Waals surface area contributed by atoms with Crippen LogP contribution in [0.15, 0.2) is 36.7 Å². The Morgan fingerprint density at radius 2 is 2.00 bits per heavy atom. The first-order valence-corrected chi connectivity index (χ1v) is 8.59. The number of aryl methyl sites for hydroxylation is 1. The average molecular weight is 341 g/mol. The van der Waals surface area contributed by atoms with E-state index in [4.69, 9.17) is 4.74 Å². The topological polar surface area (TPSA) is 55.3 Å². The summed E-state index contributed by atoms with van der Waals surface area (Å²) in [6.45, 7) is 4.82. The van der Waals surface area contributed by atoms with Gasteiger partial charge in [0.25, 0.3) is 0 Å². The minimum atomic E-state index is -0.297. The van der Waals surface area contributed by atoms with Crippen molar-refractivity contribution in [1.29, 1.82) is 0 Å². The molecule has 3 aromatic rings. The lowest BCUT2D eigenvalue weighted by Crippen LogP contribution is -2.18. The number of anilines is 1. The molecule has 24 heavy (non-hydrogen) atoms. The van der Waals surface area contributed by atoms with Crippen LogP contribution in [0.25, 0.3) is 10.2 Å². The predicted molar refractivity (Wildman–Crippen MR) is 96.7 cm³/mol. The van der Waals surface area contributed by atoms with Crippen LogP contribution in [0.1, 0.15) is 27.7 Å². The van der Waals surface area contributed by atoms with E-state index in [0.29, 0.717) is 11.5 Å². The Morgan fingerprint density at radius 3 is 2.71 bits per heavy atom. The first kappa shape index (κ1) is 16.4. The number of aromatic nitrogens is 2. The van der Waals surface area contributed by atoms with Crippen LogP contribution in [-0.2, 0) is 11.3 Å². The summed E-state index contributed by atoms with van der Waals surface area (Å²) in [5.41, 5.74) is 2.08. The van der Waals surface area contributed by atoms with E-state index in [2.05, 4.69) is 27.0 Å². The van der Waals surface area contributed by atoms with Crippen molar-refractivity contribution >= 4 is 33.3 Å². The third-order valence-electron chi connectivity index (χ3n) is 3.79. The molecular formula is C18H19N3O2S. The number of thiophene rings is 1. The maximum Gasteiger partial charge on any atom is 0.348 e. The maximum absolute atomic E-state index is 12.1. The molecule has 0 amide bonds. The van der Waals surface area contributed by atoms with E-state index < -0.39 is 0 Å². The van der Waals surface area contributed by atoms with E-state index in [1.807, 2.05) is 32.2 Å². The first-order valence-electron chi connectivity index (χ1n) is 7.78. The minimum absolute atomic E-state index is 0.297. The van der Waals surface area contributed by atoms with Crippen LogP contribution < -0.4 is 4.90 Å². The minimum Gasteiger partial charge on any atom is -0.462 e. The molecule has 1 aromatic carbocycles. The molecule has 0 aliphatic heterocycles. The maximum atomic E-state index is 12.1. The summed E-state index contributed by atoms with van der Waals surface area (Å²) in [6, 6.07) is 10.2. The fraction of sp³-hybridized carbons (Fsp3) is 0.278. The van der Waals surface area contributed by atoms with E-state index in [0.717, 1.165) is 28.1 Å². The largest absolute Gasteiger partial charge is 0.462 e. The summed E-state index contributed by atoms with van der Waals surface area (Å²) in [6.07, 6.45) is 1.55. The van der Waals surface area contributed by atoms with E-state index in [1.165, 1.54) is 16.9 Å². The molecule has 0 radical (unpaired) electrons. The van der Waals surface area contributed by atoms with Gasteiger partial charge in [-0.25, -0.2) is 14.8 Å². The van der Waals surface area contributed by atoms with Gasteiger partial charge in [0.15, 0.2) is 0 Å². The third-order valence-corrected chi connectivity index (χ3v) is 4.97. The lowest BCUT2D eigenvalue weighted by atomic mass is 10.1. The Bertz CT molecular complexity index is 861. The van der Waals surface area contributed by atoms with Gasteiger partial charge in [0, 0.05) is 13.6 Å². The number of carbonyl (C=O) groups excluding carboxylic acids is 1. The number of benzene rings is 1.